The van der Waals surface area contributed by atoms with Gasteiger partial charge in [0, 0.05) is 30.2 Å². The van der Waals surface area contributed by atoms with E-state index in [9.17, 15) is 13.2 Å². The fourth-order valence-electron chi connectivity index (χ4n) is 3.11. The highest BCUT2D eigenvalue weighted by molar-refractivity contribution is 7.89. The van der Waals surface area contributed by atoms with Crippen LogP contribution in [-0.2, 0) is 10.0 Å². The Balaban J connectivity index is 0.00000338. The molecular weight excluding hydrogens is 374 g/mol. The van der Waals surface area contributed by atoms with Gasteiger partial charge in [-0.25, -0.2) is 13.1 Å². The molecule has 1 fully saturated rings. The molecule has 148 valence electrons. The average molecular weight is 404 g/mol. The fraction of sp³-hybridized carbons (Fsp3) is 0.611. The number of amides is 1. The minimum absolute atomic E-state index is 0. The molecule has 0 aromatic heterocycles. The first-order valence-corrected chi connectivity index (χ1v) is 10.4. The zero-order valence-corrected chi connectivity index (χ0v) is 17.3. The maximum absolute atomic E-state index is 12.8. The van der Waals surface area contributed by atoms with Gasteiger partial charge in [-0.3, -0.25) is 4.79 Å². The Bertz CT molecular complexity index is 692. The van der Waals surface area contributed by atoms with Crippen LogP contribution in [-0.4, -0.2) is 43.9 Å². The second-order valence-electron chi connectivity index (χ2n) is 6.88. The Morgan fingerprint density at radius 1 is 1.27 bits per heavy atom. The zero-order valence-electron chi connectivity index (χ0n) is 15.6. The van der Waals surface area contributed by atoms with Crippen LogP contribution < -0.4 is 10.5 Å². The van der Waals surface area contributed by atoms with Crippen molar-refractivity contribution in [2.75, 3.05) is 6.54 Å². The molecule has 6 nitrogen and oxygen atoms in total. The molecule has 0 aliphatic carbocycles. The van der Waals surface area contributed by atoms with Gasteiger partial charge in [0.15, 0.2) is 0 Å². The first-order valence-electron chi connectivity index (χ1n) is 8.95. The van der Waals surface area contributed by atoms with Crippen molar-refractivity contribution in [3.8, 4) is 0 Å². The number of nitrogens with one attached hydrogen (secondary N) is 1. The molecule has 1 aliphatic rings. The van der Waals surface area contributed by atoms with Crippen molar-refractivity contribution in [2.24, 2.45) is 5.73 Å². The topological polar surface area (TPSA) is 92.5 Å². The molecule has 3 N–H and O–H groups in total. The van der Waals surface area contributed by atoms with Gasteiger partial charge in [0.1, 0.15) is 0 Å². The molecular formula is C18H30ClN3O3S. The summed E-state index contributed by atoms with van der Waals surface area (Å²) in [6.45, 7) is 6.36. The lowest BCUT2D eigenvalue weighted by Crippen LogP contribution is -2.51. The Hall–Kier alpha value is -1.15. The number of nitrogens with two attached hydrogens (primary N) is 1. The monoisotopic (exact) mass is 403 g/mol. The maximum atomic E-state index is 12.8. The highest BCUT2D eigenvalue weighted by Gasteiger charge is 2.30. The third-order valence-corrected chi connectivity index (χ3v) is 6.40. The highest BCUT2D eigenvalue weighted by Crippen LogP contribution is 2.22. The minimum Gasteiger partial charge on any atom is -0.334 e. The van der Waals surface area contributed by atoms with E-state index in [1.165, 1.54) is 12.1 Å². The first-order chi connectivity index (χ1) is 11.8. The number of likely N-dealkylation sites (tertiary alicyclic amines) is 1. The van der Waals surface area contributed by atoms with E-state index in [2.05, 4.69) is 4.72 Å². The molecule has 1 amide bonds. The zero-order chi connectivity index (χ0) is 18.6. The number of carbonyl (C=O) groups excluding carboxylic acids is 1. The van der Waals surface area contributed by atoms with E-state index >= 15 is 0 Å². The molecule has 2 rings (SSSR count). The van der Waals surface area contributed by atoms with E-state index in [0.717, 1.165) is 19.3 Å². The van der Waals surface area contributed by atoms with Crippen molar-refractivity contribution in [1.29, 1.82) is 0 Å². The van der Waals surface area contributed by atoms with Crippen LogP contribution in [0.3, 0.4) is 0 Å². The molecule has 3 unspecified atom stereocenters. The van der Waals surface area contributed by atoms with Gasteiger partial charge in [0.25, 0.3) is 5.91 Å². The van der Waals surface area contributed by atoms with Crippen LogP contribution in [0.2, 0.25) is 0 Å². The number of benzene rings is 1. The summed E-state index contributed by atoms with van der Waals surface area (Å²) < 4.78 is 27.2. The Kier molecular flexibility index (Phi) is 8.53. The van der Waals surface area contributed by atoms with Crippen LogP contribution in [0.25, 0.3) is 0 Å². The van der Waals surface area contributed by atoms with Crippen LogP contribution in [0.1, 0.15) is 56.8 Å². The van der Waals surface area contributed by atoms with Gasteiger partial charge in [-0.1, -0.05) is 6.92 Å². The van der Waals surface area contributed by atoms with Gasteiger partial charge in [0.2, 0.25) is 10.0 Å². The van der Waals surface area contributed by atoms with Crippen molar-refractivity contribution in [3.63, 3.8) is 0 Å². The quantitative estimate of drug-likeness (QED) is 0.763. The normalized spacial score (nSPS) is 20.2. The van der Waals surface area contributed by atoms with E-state index in [1.54, 1.807) is 12.1 Å². The number of piperidine rings is 1. The molecule has 0 spiro atoms. The standard InChI is InChI=1S/C18H29N3O3S.ClH/c1-4-13(2)20-25(23,24)16-10-8-15(9-11-16)18(22)21-12-6-5-7-17(21)14(3)19;/h8-11,13-14,17,20H,4-7,12,19H2,1-3H3;1H. The smallest absolute Gasteiger partial charge is 0.254 e. The second-order valence-corrected chi connectivity index (χ2v) is 8.59. The van der Waals surface area contributed by atoms with Crippen molar-refractivity contribution >= 4 is 28.3 Å². The Labute approximate surface area is 163 Å². The number of rotatable bonds is 6. The fourth-order valence-corrected chi connectivity index (χ4v) is 4.44. The molecule has 1 aromatic carbocycles. The first kappa shape index (κ1) is 22.9. The van der Waals surface area contributed by atoms with Gasteiger partial charge in [-0.2, -0.15) is 0 Å². The molecule has 1 aliphatic heterocycles. The molecule has 8 heteroatoms. The summed E-state index contributed by atoms with van der Waals surface area (Å²) in [6.07, 6.45) is 3.67. The maximum Gasteiger partial charge on any atom is 0.254 e. The third-order valence-electron chi connectivity index (χ3n) is 4.80. The highest BCUT2D eigenvalue weighted by atomic mass is 35.5. The van der Waals surface area contributed by atoms with Crippen molar-refractivity contribution < 1.29 is 13.2 Å². The number of hydrogen-bond donors (Lipinski definition) is 2. The molecule has 1 saturated heterocycles. The Morgan fingerprint density at radius 3 is 2.42 bits per heavy atom. The predicted octanol–water partition coefficient (Wildman–Crippen LogP) is 2.53. The average Bonchev–Trinajstić information content (AvgIpc) is 2.60. The lowest BCUT2D eigenvalue weighted by molar-refractivity contribution is 0.0583. The van der Waals surface area contributed by atoms with Gasteiger partial charge in [-0.15, -0.1) is 12.4 Å². The summed E-state index contributed by atoms with van der Waals surface area (Å²) in [6, 6.07) is 5.97. The number of nitrogens with zero attached hydrogens (tertiary/aromatic N) is 1. The van der Waals surface area contributed by atoms with Gasteiger partial charge in [-0.05, 0) is 63.8 Å². The van der Waals surface area contributed by atoms with E-state index in [4.69, 9.17) is 5.73 Å². The van der Waals surface area contributed by atoms with Crippen molar-refractivity contribution in [1.82, 2.24) is 9.62 Å². The summed E-state index contributed by atoms with van der Waals surface area (Å²) >= 11 is 0. The van der Waals surface area contributed by atoms with Gasteiger partial charge < -0.3 is 10.6 Å². The number of carbonyl (C=O) groups is 1. The van der Waals surface area contributed by atoms with Crippen molar-refractivity contribution in [2.45, 2.75) is 69.5 Å². The van der Waals surface area contributed by atoms with Gasteiger partial charge >= 0.3 is 0 Å². The van der Waals surface area contributed by atoms with Crippen LogP contribution in [0.15, 0.2) is 29.2 Å². The number of hydrogen-bond acceptors (Lipinski definition) is 4. The molecule has 1 aromatic rings. The summed E-state index contributed by atoms with van der Waals surface area (Å²) in [5, 5.41) is 0. The van der Waals surface area contributed by atoms with Crippen molar-refractivity contribution in [3.05, 3.63) is 29.8 Å². The number of sulfonamides is 1. The minimum atomic E-state index is -3.56. The molecule has 1 heterocycles. The molecule has 0 radical (unpaired) electrons. The van der Waals surface area contributed by atoms with Crippen LogP contribution in [0.5, 0.6) is 0 Å². The molecule has 3 atom stereocenters. The van der Waals surface area contributed by atoms with Crippen LogP contribution in [0, 0.1) is 0 Å². The third kappa shape index (κ3) is 5.42. The van der Waals surface area contributed by atoms with E-state index in [0.29, 0.717) is 18.5 Å². The summed E-state index contributed by atoms with van der Waals surface area (Å²) in [5.41, 5.74) is 6.53. The summed E-state index contributed by atoms with van der Waals surface area (Å²) in [5.74, 6) is -0.0826. The SMILES string of the molecule is CCC(C)NS(=O)(=O)c1ccc(C(=O)N2CCCCC2C(C)N)cc1.Cl. The van der Waals surface area contributed by atoms with Gasteiger partial charge in [0.05, 0.1) is 4.90 Å². The largest absolute Gasteiger partial charge is 0.334 e. The summed E-state index contributed by atoms with van der Waals surface area (Å²) in [7, 11) is -3.56. The number of halogens is 1. The predicted molar refractivity (Wildman–Crippen MR) is 106 cm³/mol. The second kappa shape index (κ2) is 9.69. The molecule has 0 bridgehead atoms. The van der Waals surface area contributed by atoms with E-state index in [1.807, 2.05) is 25.7 Å². The Morgan fingerprint density at radius 2 is 1.88 bits per heavy atom. The van der Waals surface area contributed by atoms with E-state index < -0.39 is 10.0 Å². The summed E-state index contributed by atoms with van der Waals surface area (Å²) in [4.78, 5) is 14.8. The van der Waals surface area contributed by atoms with Crippen LogP contribution >= 0.6 is 12.4 Å². The lowest BCUT2D eigenvalue weighted by Gasteiger charge is -2.38. The lowest BCUT2D eigenvalue weighted by atomic mass is 9.96. The molecule has 0 saturated carbocycles. The van der Waals surface area contributed by atoms with Crippen LogP contribution in [0.4, 0.5) is 0 Å². The van der Waals surface area contributed by atoms with E-state index in [-0.39, 0.29) is 41.3 Å². The molecule has 26 heavy (non-hydrogen) atoms.